The van der Waals surface area contributed by atoms with Crippen LogP contribution in [0.4, 0.5) is 20.3 Å². The molecule has 4 heterocycles. The molecule has 1 aliphatic rings. The summed E-state index contributed by atoms with van der Waals surface area (Å²) in [5.41, 5.74) is -1.14. The lowest BCUT2D eigenvalue weighted by molar-refractivity contribution is 0.0572. The van der Waals surface area contributed by atoms with E-state index in [-0.39, 0.29) is 45.7 Å². The van der Waals surface area contributed by atoms with Gasteiger partial charge in [-0.3, -0.25) is 14.2 Å². The van der Waals surface area contributed by atoms with Crippen molar-refractivity contribution in [2.24, 2.45) is 0 Å². The van der Waals surface area contributed by atoms with Crippen LogP contribution >= 0.6 is 23.2 Å². The zero-order chi connectivity index (χ0) is 26.4. The lowest BCUT2D eigenvalue weighted by atomic mass is 10.1. The van der Waals surface area contributed by atoms with Gasteiger partial charge in [0.05, 0.1) is 39.5 Å². The molecule has 1 fully saturated rings. The summed E-state index contributed by atoms with van der Waals surface area (Å²) in [6.45, 7) is 0.151. The Hall–Kier alpha value is -3.64. The quantitative estimate of drug-likeness (QED) is 0.359. The second-order valence-corrected chi connectivity index (χ2v) is 9.15. The lowest BCUT2D eigenvalue weighted by Crippen LogP contribution is -2.26. The molecule has 0 saturated carbocycles. The van der Waals surface area contributed by atoms with Gasteiger partial charge >= 0.3 is 0 Å². The highest BCUT2D eigenvalue weighted by molar-refractivity contribution is 6.40. The van der Waals surface area contributed by atoms with E-state index in [0.29, 0.717) is 6.07 Å². The van der Waals surface area contributed by atoms with E-state index in [9.17, 15) is 28.6 Å². The van der Waals surface area contributed by atoms with Crippen LogP contribution in [0.15, 0.2) is 53.6 Å². The van der Waals surface area contributed by atoms with Crippen LogP contribution < -0.4 is 15.6 Å². The number of benzene rings is 1. The summed E-state index contributed by atoms with van der Waals surface area (Å²) in [7, 11) is 0. The maximum Gasteiger partial charge on any atom is 0.261 e. The molecule has 4 aromatic rings. The molecule has 3 aromatic heterocycles. The van der Waals surface area contributed by atoms with Gasteiger partial charge in [0.1, 0.15) is 17.2 Å². The third-order valence-corrected chi connectivity index (χ3v) is 6.51. The van der Waals surface area contributed by atoms with Gasteiger partial charge in [-0.2, -0.15) is 0 Å². The molecular formula is C24H17Cl2F2N5O4. The molecule has 37 heavy (non-hydrogen) atoms. The van der Waals surface area contributed by atoms with Crippen molar-refractivity contribution in [2.45, 2.75) is 12.2 Å². The molecule has 1 saturated heterocycles. The molecule has 9 nitrogen and oxygen atoms in total. The summed E-state index contributed by atoms with van der Waals surface area (Å²) in [5.74, 6) is -3.01. The number of para-hydroxylation sites is 1. The summed E-state index contributed by atoms with van der Waals surface area (Å²) in [6.07, 6.45) is -0.182. The third kappa shape index (κ3) is 4.62. The van der Waals surface area contributed by atoms with E-state index in [4.69, 9.17) is 23.2 Å². The highest BCUT2D eigenvalue weighted by Crippen LogP contribution is 2.30. The monoisotopic (exact) mass is 547 g/mol. The predicted molar refractivity (Wildman–Crippen MR) is 134 cm³/mol. The minimum Gasteiger partial charge on any atom is -0.389 e. The number of nitrogens with zero attached hydrogens (tertiary/aromatic N) is 4. The molecule has 0 unspecified atom stereocenters. The Morgan fingerprint density at radius 2 is 1.76 bits per heavy atom. The molecule has 13 heteroatoms. The number of amides is 1. The maximum absolute atomic E-state index is 14.8. The molecule has 0 bridgehead atoms. The summed E-state index contributed by atoms with van der Waals surface area (Å²) in [4.78, 5) is 36.3. The highest BCUT2D eigenvalue weighted by Gasteiger charge is 2.31. The van der Waals surface area contributed by atoms with Gasteiger partial charge in [0.25, 0.3) is 5.91 Å². The van der Waals surface area contributed by atoms with E-state index >= 15 is 0 Å². The molecule has 3 N–H and O–H groups in total. The number of aromatic nitrogens is 3. The molecule has 5 rings (SSSR count). The standard InChI is InChI=1S/C24H17Cl2F2N5O4/c25-14-2-1-3-15(26)20(14)31-24(37)13-8-33(23-16(28)6-11(27)7-29-23)22-12(21(13)36)4-5-19(30-22)32-9-17(34)18(35)10-32/h1-8,17-18,34-35H,9-10H2,(H,31,37)/t17-,18-/m1/s1. The molecule has 0 aliphatic carbocycles. The summed E-state index contributed by atoms with van der Waals surface area (Å²) < 4.78 is 29.5. The summed E-state index contributed by atoms with van der Waals surface area (Å²) >= 11 is 12.3. The smallest absolute Gasteiger partial charge is 0.261 e. The minimum atomic E-state index is -1.07. The number of anilines is 2. The first kappa shape index (κ1) is 25.0. The Kier molecular flexibility index (Phi) is 6.54. The molecule has 0 spiro atoms. The van der Waals surface area contributed by atoms with Crippen LogP contribution in [-0.4, -0.2) is 56.0 Å². The SMILES string of the molecule is O=C(Nc1c(Cl)cccc1Cl)c1cn(-c2ncc(F)cc2F)c2nc(N3C[C@@H](O)[C@H](O)C3)ccc2c1=O. The number of carbonyl (C=O) groups is 1. The van der Waals surface area contributed by atoms with Gasteiger partial charge in [-0.1, -0.05) is 29.3 Å². The summed E-state index contributed by atoms with van der Waals surface area (Å²) in [5, 5.41) is 22.5. The Balaban J connectivity index is 1.69. The molecule has 1 amide bonds. The van der Waals surface area contributed by atoms with Crippen molar-refractivity contribution >= 4 is 51.6 Å². The summed E-state index contributed by atoms with van der Waals surface area (Å²) in [6, 6.07) is 8.03. The Morgan fingerprint density at radius 1 is 1.08 bits per heavy atom. The maximum atomic E-state index is 14.8. The second kappa shape index (κ2) is 9.67. The first-order chi connectivity index (χ1) is 17.6. The average Bonchev–Trinajstić information content (AvgIpc) is 3.20. The number of carbonyl (C=O) groups excluding carboxylic acids is 1. The molecule has 1 aromatic carbocycles. The Bertz CT molecular complexity index is 1590. The Morgan fingerprint density at radius 3 is 2.41 bits per heavy atom. The van der Waals surface area contributed by atoms with Crippen molar-refractivity contribution < 1.29 is 23.8 Å². The Labute approximate surface area is 217 Å². The number of hydrogen-bond donors (Lipinski definition) is 3. The zero-order valence-electron chi connectivity index (χ0n) is 18.7. The minimum absolute atomic E-state index is 0.0625. The van der Waals surface area contributed by atoms with Gasteiger partial charge in [-0.15, -0.1) is 0 Å². The molecule has 1 aliphatic heterocycles. The van der Waals surface area contributed by atoms with Crippen molar-refractivity contribution in [1.82, 2.24) is 14.5 Å². The normalized spacial score (nSPS) is 17.4. The van der Waals surface area contributed by atoms with Gasteiger partial charge in [0.2, 0.25) is 5.43 Å². The van der Waals surface area contributed by atoms with E-state index in [1.54, 1.807) is 11.0 Å². The fourth-order valence-electron chi connectivity index (χ4n) is 4.03. The second-order valence-electron chi connectivity index (χ2n) is 8.33. The number of halogens is 4. The van der Waals surface area contributed by atoms with Gasteiger partial charge < -0.3 is 20.4 Å². The van der Waals surface area contributed by atoms with Crippen molar-refractivity contribution in [2.75, 3.05) is 23.3 Å². The lowest BCUT2D eigenvalue weighted by Gasteiger charge is -2.19. The van der Waals surface area contributed by atoms with E-state index in [1.165, 1.54) is 24.3 Å². The third-order valence-electron chi connectivity index (χ3n) is 5.88. The number of rotatable bonds is 4. The van der Waals surface area contributed by atoms with Crippen molar-refractivity contribution in [1.29, 1.82) is 0 Å². The molecule has 0 radical (unpaired) electrons. The zero-order valence-corrected chi connectivity index (χ0v) is 20.2. The predicted octanol–water partition coefficient (Wildman–Crippen LogP) is 3.16. The molecule has 190 valence electrons. The van der Waals surface area contributed by atoms with Crippen LogP contribution in [0.25, 0.3) is 16.9 Å². The number of aliphatic hydroxyl groups excluding tert-OH is 2. The number of nitrogens with one attached hydrogen (secondary N) is 1. The molecule has 2 atom stereocenters. The van der Waals surface area contributed by atoms with Gasteiger partial charge in [-0.05, 0) is 24.3 Å². The first-order valence-electron chi connectivity index (χ1n) is 10.9. The van der Waals surface area contributed by atoms with Crippen LogP contribution in [0.3, 0.4) is 0 Å². The van der Waals surface area contributed by atoms with Crippen LogP contribution in [0.2, 0.25) is 10.0 Å². The average molecular weight is 548 g/mol. The van der Waals surface area contributed by atoms with E-state index < -0.39 is 46.6 Å². The van der Waals surface area contributed by atoms with E-state index in [0.717, 1.165) is 17.0 Å². The first-order valence-corrected chi connectivity index (χ1v) is 11.6. The topological polar surface area (TPSA) is 121 Å². The fourth-order valence-corrected chi connectivity index (χ4v) is 4.52. The van der Waals surface area contributed by atoms with E-state index in [2.05, 4.69) is 15.3 Å². The van der Waals surface area contributed by atoms with Crippen LogP contribution in [0.5, 0.6) is 0 Å². The number of β-amino-alcohol motifs (C(OH)–C–C–N with tert-alkyl or cyclic N) is 2. The number of aliphatic hydroxyl groups is 2. The largest absolute Gasteiger partial charge is 0.389 e. The van der Waals surface area contributed by atoms with Crippen molar-refractivity contribution in [3.8, 4) is 5.82 Å². The van der Waals surface area contributed by atoms with Gasteiger partial charge in [0, 0.05) is 25.4 Å². The van der Waals surface area contributed by atoms with Crippen LogP contribution in [-0.2, 0) is 0 Å². The fraction of sp³-hybridized carbons (Fsp3) is 0.167. The van der Waals surface area contributed by atoms with Crippen LogP contribution in [0.1, 0.15) is 10.4 Å². The van der Waals surface area contributed by atoms with Gasteiger partial charge in [0.15, 0.2) is 17.3 Å². The van der Waals surface area contributed by atoms with Crippen molar-refractivity contribution in [3.05, 3.63) is 86.3 Å². The van der Waals surface area contributed by atoms with Gasteiger partial charge in [-0.25, -0.2) is 18.7 Å². The van der Waals surface area contributed by atoms with Crippen LogP contribution in [0, 0.1) is 11.6 Å². The van der Waals surface area contributed by atoms with E-state index in [1.807, 2.05) is 0 Å². The highest BCUT2D eigenvalue weighted by atomic mass is 35.5. The number of fused-ring (bicyclic) bond motifs is 1. The number of pyridine rings is 3. The number of hydrogen-bond acceptors (Lipinski definition) is 7. The molecular weight excluding hydrogens is 531 g/mol. The van der Waals surface area contributed by atoms with Crippen molar-refractivity contribution in [3.63, 3.8) is 0 Å².